The van der Waals surface area contributed by atoms with Crippen LogP contribution in [0.4, 0.5) is 15.8 Å². The number of aromatic nitrogens is 3. The van der Waals surface area contributed by atoms with Gasteiger partial charge in [0.2, 0.25) is 0 Å². The van der Waals surface area contributed by atoms with Crippen LogP contribution in [0.15, 0.2) is 77.7 Å². The van der Waals surface area contributed by atoms with E-state index in [2.05, 4.69) is 20.4 Å². The monoisotopic (exact) mass is 485 g/mol. The van der Waals surface area contributed by atoms with Gasteiger partial charge in [0.1, 0.15) is 5.82 Å². The van der Waals surface area contributed by atoms with Crippen LogP contribution in [0.5, 0.6) is 0 Å². The minimum absolute atomic E-state index is 0.0483. The average Bonchev–Trinajstić information content (AvgIpc) is 3.15. The molecule has 33 heavy (non-hydrogen) atoms. The van der Waals surface area contributed by atoms with Gasteiger partial charge in [0.25, 0.3) is 15.9 Å². The first kappa shape index (κ1) is 22.4. The summed E-state index contributed by atoms with van der Waals surface area (Å²) >= 11 is 6.02. The highest BCUT2D eigenvalue weighted by Gasteiger charge is 2.19. The number of benzene rings is 3. The molecule has 1 amide bonds. The maximum absolute atomic E-state index is 13.3. The number of anilines is 2. The zero-order valence-electron chi connectivity index (χ0n) is 17.2. The molecule has 11 heteroatoms. The van der Waals surface area contributed by atoms with Gasteiger partial charge >= 0.3 is 0 Å². The molecule has 8 nitrogen and oxygen atoms in total. The Kier molecular flexibility index (Phi) is 6.12. The molecule has 0 saturated carbocycles. The van der Waals surface area contributed by atoms with Crippen LogP contribution in [-0.4, -0.2) is 29.3 Å². The Hall–Kier alpha value is -3.76. The van der Waals surface area contributed by atoms with Gasteiger partial charge in [-0.2, -0.15) is 0 Å². The third kappa shape index (κ3) is 5.02. The van der Waals surface area contributed by atoms with E-state index < -0.39 is 21.7 Å². The van der Waals surface area contributed by atoms with Crippen molar-refractivity contribution in [1.82, 2.24) is 15.0 Å². The van der Waals surface area contributed by atoms with Crippen molar-refractivity contribution in [2.24, 2.45) is 0 Å². The van der Waals surface area contributed by atoms with E-state index in [1.807, 2.05) is 0 Å². The highest BCUT2D eigenvalue weighted by molar-refractivity contribution is 7.92. The summed E-state index contributed by atoms with van der Waals surface area (Å²) in [5.74, 6) is -1.06. The van der Waals surface area contributed by atoms with E-state index in [-0.39, 0.29) is 16.3 Å². The molecule has 168 valence electrons. The Bertz CT molecular complexity index is 1440. The second kappa shape index (κ2) is 9.00. The van der Waals surface area contributed by atoms with E-state index in [1.165, 1.54) is 47.1 Å². The predicted octanol–water partition coefficient (Wildman–Crippen LogP) is 4.42. The second-order valence-corrected chi connectivity index (χ2v) is 9.13. The van der Waals surface area contributed by atoms with Crippen molar-refractivity contribution in [3.05, 3.63) is 95.0 Å². The van der Waals surface area contributed by atoms with Crippen LogP contribution in [0.1, 0.15) is 16.2 Å². The molecular weight excluding hydrogens is 469 g/mol. The van der Waals surface area contributed by atoms with Gasteiger partial charge in [0, 0.05) is 10.7 Å². The Labute approximate surface area is 194 Å². The minimum atomic E-state index is -3.93. The van der Waals surface area contributed by atoms with Crippen LogP contribution >= 0.6 is 11.6 Å². The number of sulfonamides is 1. The number of nitrogens with one attached hydrogen (secondary N) is 2. The topological polar surface area (TPSA) is 106 Å². The van der Waals surface area contributed by atoms with E-state index in [9.17, 15) is 17.6 Å². The van der Waals surface area contributed by atoms with Crippen molar-refractivity contribution in [1.29, 1.82) is 0 Å². The smallest absolute Gasteiger partial charge is 0.278 e. The van der Waals surface area contributed by atoms with Gasteiger partial charge in [0.05, 0.1) is 22.0 Å². The number of amides is 1. The van der Waals surface area contributed by atoms with E-state index in [1.54, 1.807) is 31.2 Å². The van der Waals surface area contributed by atoms with E-state index in [0.29, 0.717) is 22.1 Å². The van der Waals surface area contributed by atoms with Crippen LogP contribution in [0.3, 0.4) is 0 Å². The first-order valence-electron chi connectivity index (χ1n) is 9.61. The summed E-state index contributed by atoms with van der Waals surface area (Å²) < 4.78 is 42.2. The Balaban J connectivity index is 1.49. The standard InChI is InChI=1S/C22H17ClFN5O3S/c1-14-21(26-28-29(14)19-7-2-4-15(23)12-19)22(30)25-17-8-10-20(11-9-17)33(31,32)27-18-6-3-5-16(24)13-18/h2-13,27H,1H3,(H,25,30). The lowest BCUT2D eigenvalue weighted by molar-refractivity contribution is 0.102. The highest BCUT2D eigenvalue weighted by Crippen LogP contribution is 2.20. The minimum Gasteiger partial charge on any atom is -0.321 e. The number of rotatable bonds is 6. The zero-order valence-corrected chi connectivity index (χ0v) is 18.7. The summed E-state index contributed by atoms with van der Waals surface area (Å²) in [5.41, 5.74) is 1.74. The van der Waals surface area contributed by atoms with E-state index in [0.717, 1.165) is 6.07 Å². The third-order valence-electron chi connectivity index (χ3n) is 4.66. The molecule has 0 aliphatic rings. The van der Waals surface area contributed by atoms with Gasteiger partial charge in [-0.05, 0) is 67.6 Å². The molecule has 4 aromatic rings. The quantitative estimate of drug-likeness (QED) is 0.420. The molecule has 0 aliphatic carbocycles. The van der Waals surface area contributed by atoms with Crippen LogP contribution in [0, 0.1) is 12.7 Å². The van der Waals surface area contributed by atoms with Crippen LogP contribution in [-0.2, 0) is 10.0 Å². The Morgan fingerprint density at radius 2 is 1.73 bits per heavy atom. The Morgan fingerprint density at radius 1 is 1.00 bits per heavy atom. The summed E-state index contributed by atoms with van der Waals surface area (Å²) in [4.78, 5) is 12.6. The van der Waals surface area contributed by atoms with Gasteiger partial charge in [0.15, 0.2) is 5.69 Å². The fourth-order valence-electron chi connectivity index (χ4n) is 3.07. The predicted molar refractivity (Wildman–Crippen MR) is 123 cm³/mol. The molecule has 0 spiro atoms. The van der Waals surface area contributed by atoms with E-state index in [4.69, 9.17) is 11.6 Å². The highest BCUT2D eigenvalue weighted by atomic mass is 35.5. The summed E-state index contributed by atoms with van der Waals surface area (Å²) in [7, 11) is -3.93. The molecule has 1 aromatic heterocycles. The molecule has 3 aromatic carbocycles. The first-order chi connectivity index (χ1) is 15.7. The summed E-state index contributed by atoms with van der Waals surface area (Å²) in [6.45, 7) is 1.70. The van der Waals surface area contributed by atoms with Gasteiger partial charge in [-0.25, -0.2) is 17.5 Å². The van der Waals surface area contributed by atoms with E-state index >= 15 is 0 Å². The molecule has 0 radical (unpaired) electrons. The van der Waals surface area contributed by atoms with Crippen molar-refractivity contribution >= 4 is 38.9 Å². The number of hydrogen-bond donors (Lipinski definition) is 2. The molecule has 0 unspecified atom stereocenters. The third-order valence-corrected chi connectivity index (χ3v) is 6.29. The normalized spacial score (nSPS) is 11.2. The number of halogens is 2. The fraction of sp³-hybridized carbons (Fsp3) is 0.0455. The lowest BCUT2D eigenvalue weighted by Gasteiger charge is -2.09. The molecule has 4 rings (SSSR count). The lowest BCUT2D eigenvalue weighted by Crippen LogP contribution is -2.15. The SMILES string of the molecule is Cc1c(C(=O)Nc2ccc(S(=O)(=O)Nc3cccc(F)c3)cc2)nnn1-c1cccc(Cl)c1. The van der Waals surface area contributed by atoms with Crippen molar-refractivity contribution in [2.75, 3.05) is 10.0 Å². The van der Waals surface area contributed by atoms with Crippen molar-refractivity contribution in [3.8, 4) is 5.69 Å². The zero-order chi connectivity index (χ0) is 23.6. The second-order valence-electron chi connectivity index (χ2n) is 7.01. The largest absolute Gasteiger partial charge is 0.321 e. The summed E-state index contributed by atoms with van der Waals surface area (Å²) in [5, 5.41) is 11.2. The van der Waals surface area contributed by atoms with Gasteiger partial charge < -0.3 is 5.32 Å². The molecule has 0 fully saturated rings. The fourth-order valence-corrected chi connectivity index (χ4v) is 4.30. The van der Waals surface area contributed by atoms with Crippen LogP contribution < -0.4 is 10.0 Å². The van der Waals surface area contributed by atoms with Gasteiger partial charge in [-0.15, -0.1) is 5.10 Å². The molecule has 0 atom stereocenters. The summed E-state index contributed by atoms with van der Waals surface area (Å²) in [6, 6.07) is 17.6. The molecule has 0 aliphatic heterocycles. The number of hydrogen-bond acceptors (Lipinski definition) is 5. The van der Waals surface area contributed by atoms with Crippen molar-refractivity contribution in [3.63, 3.8) is 0 Å². The molecule has 2 N–H and O–H groups in total. The molecule has 1 heterocycles. The summed E-state index contributed by atoms with van der Waals surface area (Å²) in [6.07, 6.45) is 0. The Morgan fingerprint density at radius 3 is 2.42 bits per heavy atom. The average molecular weight is 486 g/mol. The van der Waals surface area contributed by atoms with Crippen molar-refractivity contribution in [2.45, 2.75) is 11.8 Å². The van der Waals surface area contributed by atoms with Crippen LogP contribution in [0.25, 0.3) is 5.69 Å². The number of carbonyl (C=O) groups excluding carboxylic acids is 1. The maximum atomic E-state index is 13.3. The van der Waals surface area contributed by atoms with Gasteiger partial charge in [-0.3, -0.25) is 9.52 Å². The van der Waals surface area contributed by atoms with Crippen molar-refractivity contribution < 1.29 is 17.6 Å². The van der Waals surface area contributed by atoms with Crippen LogP contribution in [0.2, 0.25) is 5.02 Å². The number of nitrogens with zero attached hydrogens (tertiary/aromatic N) is 3. The molecular formula is C22H17ClFN5O3S. The van der Waals surface area contributed by atoms with Gasteiger partial charge in [-0.1, -0.05) is 28.9 Å². The lowest BCUT2D eigenvalue weighted by atomic mass is 10.2. The maximum Gasteiger partial charge on any atom is 0.278 e. The molecule has 0 bridgehead atoms. The molecule has 0 saturated heterocycles. The number of carbonyl (C=O) groups is 1. The first-order valence-corrected chi connectivity index (χ1v) is 11.5.